The smallest absolute Gasteiger partial charge is 0.320 e. The molecule has 1 aromatic rings. The van der Waals surface area contributed by atoms with E-state index in [0.29, 0.717) is 0 Å². The van der Waals surface area contributed by atoms with Gasteiger partial charge in [0.05, 0.1) is 17.7 Å². The lowest BCUT2D eigenvalue weighted by molar-refractivity contribution is -0.0184. The monoisotopic (exact) mass is 286 g/mol. The van der Waals surface area contributed by atoms with Gasteiger partial charge in [0.25, 0.3) is 0 Å². The summed E-state index contributed by atoms with van der Waals surface area (Å²) in [6, 6.07) is -0.0510. The highest BCUT2D eigenvalue weighted by Gasteiger charge is 2.31. The quantitative estimate of drug-likeness (QED) is 0.874. The summed E-state index contributed by atoms with van der Waals surface area (Å²) >= 11 is 1.53. The molecule has 0 saturated heterocycles. The largest absolute Gasteiger partial charge is 0.375 e. The van der Waals surface area contributed by atoms with Gasteiger partial charge in [0.15, 0.2) is 0 Å². The van der Waals surface area contributed by atoms with Gasteiger partial charge in [-0.25, -0.2) is 9.18 Å². The molecule has 106 valence electrons. The molecular formula is C13H19FN2O2S. The Morgan fingerprint density at radius 2 is 2.26 bits per heavy atom. The summed E-state index contributed by atoms with van der Waals surface area (Å²) in [5.41, 5.74) is 2.29. The third kappa shape index (κ3) is 3.67. The van der Waals surface area contributed by atoms with Gasteiger partial charge in [0.1, 0.15) is 6.67 Å². The van der Waals surface area contributed by atoms with Crippen molar-refractivity contribution >= 4 is 22.4 Å². The van der Waals surface area contributed by atoms with E-state index in [2.05, 4.69) is 10.6 Å². The molecule has 2 N–H and O–H groups in total. The molecule has 1 fully saturated rings. The Morgan fingerprint density at radius 1 is 1.53 bits per heavy atom. The minimum absolute atomic E-state index is 0.0896. The van der Waals surface area contributed by atoms with Gasteiger partial charge in [-0.1, -0.05) is 0 Å². The number of carbonyl (C=O) groups is 1. The fourth-order valence-electron chi connectivity index (χ4n) is 1.98. The minimum atomic E-state index is -0.452. The maximum atomic E-state index is 11.9. The van der Waals surface area contributed by atoms with Gasteiger partial charge in [0, 0.05) is 6.04 Å². The highest BCUT2D eigenvalue weighted by Crippen LogP contribution is 2.27. The number of amides is 2. The van der Waals surface area contributed by atoms with Crippen molar-refractivity contribution in [3.8, 4) is 0 Å². The molecule has 2 amide bonds. The van der Waals surface area contributed by atoms with Crippen LogP contribution >= 0.6 is 11.3 Å². The van der Waals surface area contributed by atoms with E-state index in [-0.39, 0.29) is 24.8 Å². The van der Waals surface area contributed by atoms with Gasteiger partial charge in [-0.05, 0) is 43.2 Å². The molecule has 19 heavy (non-hydrogen) atoms. The predicted molar refractivity (Wildman–Crippen MR) is 74.7 cm³/mol. The van der Waals surface area contributed by atoms with Crippen molar-refractivity contribution in [1.82, 2.24) is 5.32 Å². The van der Waals surface area contributed by atoms with Crippen LogP contribution in [0.2, 0.25) is 0 Å². The Hall–Kier alpha value is -1.14. The second kappa shape index (κ2) is 6.34. The first-order chi connectivity index (χ1) is 9.10. The summed E-state index contributed by atoms with van der Waals surface area (Å²) in [6.45, 7) is 3.71. The first kappa shape index (κ1) is 14.3. The standard InChI is InChI=1S/C13H19FN2O2S/c1-8-7-19-12(9(8)2)16-13(17)15-10-5-11(6-10)18-4-3-14/h7,10-11H,3-6H2,1-2H3,(H2,15,16,17). The van der Waals surface area contributed by atoms with Crippen LogP contribution < -0.4 is 10.6 Å². The number of aryl methyl sites for hydroxylation is 1. The number of hydrogen-bond donors (Lipinski definition) is 2. The Morgan fingerprint density at radius 3 is 2.84 bits per heavy atom. The zero-order valence-electron chi connectivity index (χ0n) is 11.2. The van der Waals surface area contributed by atoms with Gasteiger partial charge >= 0.3 is 6.03 Å². The average molecular weight is 286 g/mol. The van der Waals surface area contributed by atoms with E-state index in [1.807, 2.05) is 19.2 Å². The lowest BCUT2D eigenvalue weighted by Crippen LogP contribution is -2.49. The van der Waals surface area contributed by atoms with Crippen LogP contribution in [0.5, 0.6) is 0 Å². The lowest BCUT2D eigenvalue weighted by Gasteiger charge is -2.35. The highest BCUT2D eigenvalue weighted by molar-refractivity contribution is 7.14. The Bertz CT molecular complexity index is 444. The van der Waals surface area contributed by atoms with Gasteiger partial charge in [-0.15, -0.1) is 11.3 Å². The predicted octanol–water partition coefficient (Wildman–Crippen LogP) is 3.00. The summed E-state index contributed by atoms with van der Waals surface area (Å²) in [6.07, 6.45) is 1.61. The third-order valence-electron chi connectivity index (χ3n) is 3.37. The molecule has 2 rings (SSSR count). The van der Waals surface area contributed by atoms with Crippen molar-refractivity contribution in [1.29, 1.82) is 0 Å². The number of rotatable bonds is 5. The van der Waals surface area contributed by atoms with Gasteiger partial charge < -0.3 is 10.1 Å². The maximum absolute atomic E-state index is 11.9. The van der Waals surface area contributed by atoms with E-state index in [9.17, 15) is 9.18 Å². The van der Waals surface area contributed by atoms with Crippen molar-refractivity contribution in [2.24, 2.45) is 0 Å². The van der Waals surface area contributed by atoms with Crippen molar-refractivity contribution in [2.45, 2.75) is 38.8 Å². The molecule has 4 nitrogen and oxygen atoms in total. The number of halogens is 1. The van der Waals surface area contributed by atoms with E-state index in [1.54, 1.807) is 0 Å². The van der Waals surface area contributed by atoms with E-state index < -0.39 is 6.67 Å². The Labute approximate surface area is 116 Å². The lowest BCUT2D eigenvalue weighted by atomic mass is 9.89. The van der Waals surface area contributed by atoms with Gasteiger partial charge in [-0.3, -0.25) is 5.32 Å². The molecule has 0 spiro atoms. The molecule has 1 saturated carbocycles. The number of nitrogens with one attached hydrogen (secondary N) is 2. The summed E-state index contributed by atoms with van der Waals surface area (Å²) in [5.74, 6) is 0. The molecule has 0 aliphatic heterocycles. The van der Waals surface area contributed by atoms with E-state index in [4.69, 9.17) is 4.74 Å². The second-order valence-corrected chi connectivity index (χ2v) is 5.70. The zero-order valence-corrected chi connectivity index (χ0v) is 12.0. The number of urea groups is 1. The fourth-order valence-corrected chi connectivity index (χ4v) is 2.94. The first-order valence-electron chi connectivity index (χ1n) is 6.40. The fraction of sp³-hybridized carbons (Fsp3) is 0.615. The minimum Gasteiger partial charge on any atom is -0.375 e. The number of thiophene rings is 1. The molecule has 1 aliphatic carbocycles. The van der Waals surface area contributed by atoms with Crippen LogP contribution in [0, 0.1) is 13.8 Å². The maximum Gasteiger partial charge on any atom is 0.320 e. The van der Waals surface area contributed by atoms with E-state index in [0.717, 1.165) is 23.4 Å². The molecule has 1 heterocycles. The SMILES string of the molecule is Cc1csc(NC(=O)NC2CC(OCCF)C2)c1C. The topological polar surface area (TPSA) is 50.4 Å². The van der Waals surface area contributed by atoms with Gasteiger partial charge in [-0.2, -0.15) is 0 Å². The number of alkyl halides is 1. The van der Waals surface area contributed by atoms with Crippen LogP contribution in [-0.4, -0.2) is 31.5 Å². The van der Waals surface area contributed by atoms with Crippen molar-refractivity contribution in [3.05, 3.63) is 16.5 Å². The molecule has 0 aromatic carbocycles. The van der Waals surface area contributed by atoms with Crippen LogP contribution in [0.1, 0.15) is 24.0 Å². The second-order valence-electron chi connectivity index (χ2n) is 4.82. The molecule has 1 aliphatic rings. The summed E-state index contributed by atoms with van der Waals surface area (Å²) in [5, 5.41) is 8.66. The molecule has 0 atom stereocenters. The third-order valence-corrected chi connectivity index (χ3v) is 4.49. The van der Waals surface area contributed by atoms with Crippen molar-refractivity contribution < 1.29 is 13.9 Å². The van der Waals surface area contributed by atoms with Crippen LogP contribution in [0.3, 0.4) is 0 Å². The highest BCUT2D eigenvalue weighted by atomic mass is 32.1. The van der Waals surface area contributed by atoms with E-state index in [1.165, 1.54) is 16.9 Å². The Balaban J connectivity index is 1.70. The summed E-state index contributed by atoms with van der Waals surface area (Å²) in [4.78, 5) is 11.8. The molecule has 0 bridgehead atoms. The zero-order chi connectivity index (χ0) is 13.8. The first-order valence-corrected chi connectivity index (χ1v) is 7.28. The number of anilines is 1. The van der Waals surface area contributed by atoms with Gasteiger partial charge in [0.2, 0.25) is 0 Å². The number of ether oxygens (including phenoxy) is 1. The van der Waals surface area contributed by atoms with Crippen LogP contribution in [0.15, 0.2) is 5.38 Å². The number of hydrogen-bond acceptors (Lipinski definition) is 3. The Kier molecular flexibility index (Phi) is 4.76. The van der Waals surface area contributed by atoms with Crippen LogP contribution in [-0.2, 0) is 4.74 Å². The number of carbonyl (C=O) groups excluding carboxylic acids is 1. The molecule has 6 heteroatoms. The average Bonchev–Trinajstić information content (AvgIpc) is 2.64. The molecule has 1 aromatic heterocycles. The normalized spacial score (nSPS) is 21.8. The van der Waals surface area contributed by atoms with Crippen molar-refractivity contribution in [2.75, 3.05) is 18.6 Å². The molecule has 0 radical (unpaired) electrons. The van der Waals surface area contributed by atoms with Crippen LogP contribution in [0.25, 0.3) is 0 Å². The molecular weight excluding hydrogens is 267 g/mol. The molecule has 0 unspecified atom stereocenters. The van der Waals surface area contributed by atoms with Crippen LogP contribution in [0.4, 0.5) is 14.2 Å². The van der Waals surface area contributed by atoms with E-state index >= 15 is 0 Å². The van der Waals surface area contributed by atoms with Crippen molar-refractivity contribution in [3.63, 3.8) is 0 Å². The summed E-state index contributed by atoms with van der Waals surface area (Å²) < 4.78 is 17.1. The summed E-state index contributed by atoms with van der Waals surface area (Å²) in [7, 11) is 0.